The minimum atomic E-state index is -0.811. The van der Waals surface area contributed by atoms with E-state index in [1.807, 2.05) is 0 Å². The normalized spacial score (nSPS) is 13.2. The van der Waals surface area contributed by atoms with E-state index >= 15 is 0 Å². The van der Waals surface area contributed by atoms with Gasteiger partial charge in [0.15, 0.2) is 6.10 Å². The maximum atomic E-state index is 12.9. The van der Waals surface area contributed by atoms with Gasteiger partial charge in [0.1, 0.15) is 13.2 Å². The first-order valence-electron chi connectivity index (χ1n) is 33.5. The molecule has 0 aromatic heterocycles. The molecule has 0 aliphatic carbocycles. The number of rotatable bonds is 59. The second-order valence-electron chi connectivity index (χ2n) is 21.6. The molecule has 1 atom stereocenters. The van der Waals surface area contributed by atoms with Crippen LogP contribution >= 0.6 is 0 Å². The highest BCUT2D eigenvalue weighted by atomic mass is 16.6. The van der Waals surface area contributed by atoms with Gasteiger partial charge in [-0.1, -0.05) is 269 Å². The van der Waals surface area contributed by atoms with Crippen molar-refractivity contribution in [1.29, 1.82) is 0 Å². The van der Waals surface area contributed by atoms with E-state index in [2.05, 4.69) is 179 Å². The van der Waals surface area contributed by atoms with Gasteiger partial charge >= 0.3 is 17.9 Å². The summed E-state index contributed by atoms with van der Waals surface area (Å²) in [4.78, 5) is 38.4. The van der Waals surface area contributed by atoms with Crippen molar-refractivity contribution in [3.05, 3.63) is 158 Å². The van der Waals surface area contributed by atoms with E-state index in [1.54, 1.807) is 0 Å². The van der Waals surface area contributed by atoms with Crippen molar-refractivity contribution in [2.24, 2.45) is 0 Å². The number of hydrogen-bond acceptors (Lipinski definition) is 6. The summed E-state index contributed by atoms with van der Waals surface area (Å²) in [6.45, 7) is 6.45. The fourth-order valence-corrected chi connectivity index (χ4v) is 8.73. The van der Waals surface area contributed by atoms with Crippen LogP contribution in [0.2, 0.25) is 0 Å². The zero-order chi connectivity index (χ0) is 59.2. The minimum Gasteiger partial charge on any atom is -0.462 e. The number of ether oxygens (including phenoxy) is 3. The van der Waals surface area contributed by atoms with E-state index in [1.165, 1.54) is 83.5 Å². The second kappa shape index (κ2) is 68.5. The molecule has 0 spiro atoms. The largest absolute Gasteiger partial charge is 0.462 e. The Labute approximate surface area is 505 Å². The molecule has 0 radical (unpaired) electrons. The third kappa shape index (κ3) is 65.8. The van der Waals surface area contributed by atoms with Crippen LogP contribution in [0.25, 0.3) is 0 Å². The van der Waals surface area contributed by atoms with Crippen LogP contribution < -0.4 is 0 Å². The monoisotopic (exact) mass is 1130 g/mol. The van der Waals surface area contributed by atoms with Gasteiger partial charge in [0.2, 0.25) is 0 Å². The molecule has 6 heteroatoms. The predicted octanol–water partition coefficient (Wildman–Crippen LogP) is 23.3. The molecule has 0 fully saturated rings. The van der Waals surface area contributed by atoms with E-state index in [0.717, 1.165) is 161 Å². The van der Waals surface area contributed by atoms with Crippen LogP contribution in [0.1, 0.15) is 284 Å². The maximum Gasteiger partial charge on any atom is 0.306 e. The fraction of sp³-hybridized carbons (Fsp3) is 0.618. The summed E-state index contributed by atoms with van der Waals surface area (Å²) in [7, 11) is 0. The van der Waals surface area contributed by atoms with Crippen LogP contribution in [-0.4, -0.2) is 37.2 Å². The van der Waals surface area contributed by atoms with Gasteiger partial charge in [0.25, 0.3) is 0 Å². The van der Waals surface area contributed by atoms with Crippen LogP contribution in [0.4, 0.5) is 0 Å². The molecule has 82 heavy (non-hydrogen) atoms. The topological polar surface area (TPSA) is 78.9 Å². The summed E-state index contributed by atoms with van der Waals surface area (Å²) in [5.41, 5.74) is 0. The standard InChI is InChI=1S/C76H122O6/c1-4-7-10-13-16-19-22-25-28-30-32-33-34-35-36-37-38-39-40-41-42-43-45-46-48-51-54-57-60-63-66-69-75(78)81-72-73(71-80-74(77)68-65-62-59-56-53-50-27-24-21-18-15-12-9-6-3)82-76(79)70-67-64-61-58-55-52-49-47-44-31-29-26-23-20-17-14-11-8-5-2/h7,10,16-17,19-20,24-29,32-33,35-36,38-39,41-42,44-47,51,54,73H,4-6,8-9,11-15,18,21-23,30-31,34,37,40,43,48-50,52-53,55-72H2,1-3H3/b10-7-,19-16-,20-17-,27-24-,28-25-,29-26-,33-32-,36-35-,39-38-,42-41-,46-45-,47-44-,54-51-. The molecule has 0 aliphatic heterocycles. The molecule has 462 valence electrons. The Morgan fingerprint density at radius 3 is 0.793 bits per heavy atom. The minimum absolute atomic E-state index is 0.104. The predicted molar refractivity (Wildman–Crippen MR) is 357 cm³/mol. The number of hydrogen-bond donors (Lipinski definition) is 0. The summed E-state index contributed by atoms with van der Waals surface area (Å²) in [5.74, 6) is -0.959. The fourth-order valence-electron chi connectivity index (χ4n) is 8.73. The summed E-state index contributed by atoms with van der Waals surface area (Å²) in [6, 6.07) is 0. The van der Waals surface area contributed by atoms with Crippen LogP contribution in [0.3, 0.4) is 0 Å². The summed E-state index contributed by atoms with van der Waals surface area (Å²) < 4.78 is 16.9. The lowest BCUT2D eigenvalue weighted by Gasteiger charge is -2.18. The Bertz CT molecular complexity index is 1830. The Morgan fingerprint density at radius 1 is 0.256 bits per heavy atom. The molecule has 0 N–H and O–H groups in total. The average Bonchev–Trinajstić information content (AvgIpc) is 3.47. The molecule has 0 aromatic carbocycles. The first kappa shape index (κ1) is 77.0. The highest BCUT2D eigenvalue weighted by Crippen LogP contribution is 2.14. The smallest absolute Gasteiger partial charge is 0.306 e. The number of unbranched alkanes of at least 4 members (excludes halogenated alkanes) is 22. The van der Waals surface area contributed by atoms with E-state index in [4.69, 9.17) is 14.2 Å². The lowest BCUT2D eigenvalue weighted by atomic mass is 10.1. The molecular formula is C76H122O6. The van der Waals surface area contributed by atoms with E-state index < -0.39 is 6.10 Å². The summed E-state index contributed by atoms with van der Waals surface area (Å²) >= 11 is 0. The Kier molecular flexibility index (Phi) is 64.4. The number of esters is 3. The van der Waals surface area contributed by atoms with Gasteiger partial charge in [-0.05, 0) is 154 Å². The molecular weight excluding hydrogens is 1010 g/mol. The average molecular weight is 1130 g/mol. The van der Waals surface area contributed by atoms with Gasteiger partial charge in [0, 0.05) is 19.3 Å². The van der Waals surface area contributed by atoms with Crippen LogP contribution in [0.5, 0.6) is 0 Å². The van der Waals surface area contributed by atoms with Crippen molar-refractivity contribution in [3.8, 4) is 0 Å². The Hall–Kier alpha value is -4.97. The lowest BCUT2D eigenvalue weighted by molar-refractivity contribution is -0.167. The quantitative estimate of drug-likeness (QED) is 0.0261. The molecule has 0 amide bonds. The zero-order valence-electron chi connectivity index (χ0n) is 52.9. The molecule has 0 saturated heterocycles. The summed E-state index contributed by atoms with van der Waals surface area (Å²) in [5, 5.41) is 0. The number of allylic oxidation sites excluding steroid dienone is 26. The van der Waals surface area contributed by atoms with Gasteiger partial charge in [-0.2, -0.15) is 0 Å². The van der Waals surface area contributed by atoms with Gasteiger partial charge in [0.05, 0.1) is 0 Å². The zero-order valence-corrected chi connectivity index (χ0v) is 52.9. The molecule has 0 aromatic rings. The second-order valence-corrected chi connectivity index (χ2v) is 21.6. The van der Waals surface area contributed by atoms with Crippen LogP contribution in [0, 0.1) is 0 Å². The molecule has 0 rings (SSSR count). The van der Waals surface area contributed by atoms with Crippen molar-refractivity contribution in [2.75, 3.05) is 13.2 Å². The maximum absolute atomic E-state index is 12.9. The molecule has 0 saturated carbocycles. The van der Waals surface area contributed by atoms with E-state index in [9.17, 15) is 14.4 Å². The first-order chi connectivity index (χ1) is 40.5. The third-order valence-electron chi connectivity index (χ3n) is 13.7. The summed E-state index contributed by atoms with van der Waals surface area (Å²) in [6.07, 6.45) is 99.6. The highest BCUT2D eigenvalue weighted by Gasteiger charge is 2.19. The van der Waals surface area contributed by atoms with E-state index in [0.29, 0.717) is 19.3 Å². The van der Waals surface area contributed by atoms with Gasteiger partial charge in [-0.25, -0.2) is 0 Å². The first-order valence-corrected chi connectivity index (χ1v) is 33.5. The van der Waals surface area contributed by atoms with Crippen molar-refractivity contribution in [3.63, 3.8) is 0 Å². The molecule has 6 nitrogen and oxygen atoms in total. The lowest BCUT2D eigenvalue weighted by Crippen LogP contribution is -2.30. The van der Waals surface area contributed by atoms with Crippen LogP contribution in [-0.2, 0) is 28.6 Å². The molecule has 0 heterocycles. The van der Waals surface area contributed by atoms with Crippen molar-refractivity contribution in [1.82, 2.24) is 0 Å². The Morgan fingerprint density at radius 2 is 0.476 bits per heavy atom. The Balaban J connectivity index is 4.45. The number of carbonyl (C=O) groups is 3. The van der Waals surface area contributed by atoms with Gasteiger partial charge in [-0.15, -0.1) is 0 Å². The van der Waals surface area contributed by atoms with Crippen molar-refractivity contribution >= 4 is 17.9 Å². The van der Waals surface area contributed by atoms with Crippen molar-refractivity contribution < 1.29 is 28.6 Å². The molecule has 0 aliphatic rings. The SMILES string of the molecule is CC/C=C\C/C=C\C/C=C\C/C=C\C/C=C\C/C=C\C/C=C\C/C=C\C/C=C\CCCCCC(=O)OCC(COC(=O)CCCCCCC/C=C\CCCCCCC)OC(=O)CCCCCCCC/C=C\C/C=C\C/C=C\CCCCC. The van der Waals surface area contributed by atoms with Crippen LogP contribution in [0.15, 0.2) is 158 Å². The highest BCUT2D eigenvalue weighted by molar-refractivity contribution is 5.71. The van der Waals surface area contributed by atoms with Gasteiger partial charge < -0.3 is 14.2 Å². The molecule has 1 unspecified atom stereocenters. The third-order valence-corrected chi connectivity index (χ3v) is 13.7. The van der Waals surface area contributed by atoms with E-state index in [-0.39, 0.29) is 31.1 Å². The number of carbonyl (C=O) groups excluding carboxylic acids is 3. The van der Waals surface area contributed by atoms with Crippen molar-refractivity contribution in [2.45, 2.75) is 290 Å². The molecule has 0 bridgehead atoms. The van der Waals surface area contributed by atoms with Gasteiger partial charge in [-0.3, -0.25) is 14.4 Å².